The Morgan fingerprint density at radius 2 is 1.88 bits per heavy atom. The molecule has 0 aliphatic rings. The van der Waals surface area contributed by atoms with Crippen molar-refractivity contribution in [3.05, 3.63) is 28.6 Å². The average molecular weight is 349 g/mol. The van der Waals surface area contributed by atoms with Crippen LogP contribution >= 0.6 is 0 Å². The van der Waals surface area contributed by atoms with Crippen LogP contribution in [0.25, 0.3) is 6.08 Å². The van der Waals surface area contributed by atoms with Gasteiger partial charge in [-0.1, -0.05) is 0 Å². The molecule has 1 heterocycles. The molecule has 1 aromatic heterocycles. The molecule has 0 bridgehead atoms. The Balaban J connectivity index is 2.92. The summed E-state index contributed by atoms with van der Waals surface area (Å²) in [4.78, 5) is 26.4. The lowest BCUT2D eigenvalue weighted by Gasteiger charge is -2.08. The van der Waals surface area contributed by atoms with Crippen LogP contribution in [0.3, 0.4) is 0 Å². The third kappa shape index (κ3) is 5.74. The standard InChI is InChI=1S/C19H31N3O3/c1-7-22-14(3)16(18(15(22)4)19(24)25-8-2)10-11-17(23)20-12-9-13-21(5)6/h10-11H,7-9,12-13H2,1-6H3,(H,20,23)/b11-10+. The summed E-state index contributed by atoms with van der Waals surface area (Å²) in [5.41, 5.74) is 3.11. The van der Waals surface area contributed by atoms with Gasteiger partial charge in [-0.2, -0.15) is 0 Å². The minimum absolute atomic E-state index is 0.158. The molecule has 0 aliphatic carbocycles. The van der Waals surface area contributed by atoms with E-state index in [0.717, 1.165) is 36.5 Å². The van der Waals surface area contributed by atoms with E-state index in [1.54, 1.807) is 13.0 Å². The van der Waals surface area contributed by atoms with Crippen molar-refractivity contribution < 1.29 is 14.3 Å². The van der Waals surface area contributed by atoms with Crippen molar-refractivity contribution in [2.24, 2.45) is 0 Å². The molecule has 6 heteroatoms. The molecule has 0 fully saturated rings. The van der Waals surface area contributed by atoms with E-state index in [1.807, 2.05) is 34.9 Å². The van der Waals surface area contributed by atoms with Gasteiger partial charge in [-0.15, -0.1) is 0 Å². The zero-order valence-corrected chi connectivity index (χ0v) is 16.3. The number of nitrogens with zero attached hydrogens (tertiary/aromatic N) is 2. The number of nitrogens with one attached hydrogen (secondary N) is 1. The fourth-order valence-electron chi connectivity index (χ4n) is 2.87. The second kappa shape index (κ2) is 10.0. The van der Waals surface area contributed by atoms with Crippen LogP contribution in [0.5, 0.6) is 0 Å². The zero-order chi connectivity index (χ0) is 19.0. The van der Waals surface area contributed by atoms with Crippen LogP contribution in [0, 0.1) is 13.8 Å². The first kappa shape index (κ1) is 21.0. The van der Waals surface area contributed by atoms with Gasteiger partial charge >= 0.3 is 5.97 Å². The fraction of sp³-hybridized carbons (Fsp3) is 0.579. The van der Waals surface area contributed by atoms with Gasteiger partial charge in [0.25, 0.3) is 0 Å². The third-order valence-corrected chi connectivity index (χ3v) is 4.11. The predicted molar refractivity (Wildman–Crippen MR) is 101 cm³/mol. The molecule has 0 aromatic carbocycles. The SMILES string of the molecule is CCOC(=O)c1c(/C=C/C(=O)NCCCN(C)C)c(C)n(CC)c1C. The van der Waals surface area contributed by atoms with E-state index < -0.39 is 0 Å². The lowest BCUT2D eigenvalue weighted by Crippen LogP contribution is -2.25. The first-order chi connectivity index (χ1) is 11.8. The van der Waals surface area contributed by atoms with E-state index in [0.29, 0.717) is 18.7 Å². The quantitative estimate of drug-likeness (QED) is 0.422. The van der Waals surface area contributed by atoms with Gasteiger partial charge in [0.2, 0.25) is 5.91 Å². The zero-order valence-electron chi connectivity index (χ0n) is 16.3. The number of aromatic nitrogens is 1. The summed E-state index contributed by atoms with van der Waals surface area (Å²) in [6.45, 7) is 10.3. The minimum Gasteiger partial charge on any atom is -0.462 e. The van der Waals surface area contributed by atoms with Crippen molar-refractivity contribution in [2.45, 2.75) is 40.7 Å². The Morgan fingerprint density at radius 1 is 1.20 bits per heavy atom. The number of hydrogen-bond acceptors (Lipinski definition) is 4. The van der Waals surface area contributed by atoms with E-state index in [4.69, 9.17) is 4.74 Å². The summed E-state index contributed by atoms with van der Waals surface area (Å²) < 4.78 is 7.24. The van der Waals surface area contributed by atoms with Crippen molar-refractivity contribution in [3.63, 3.8) is 0 Å². The van der Waals surface area contributed by atoms with Gasteiger partial charge in [0.1, 0.15) is 0 Å². The maximum atomic E-state index is 12.3. The summed E-state index contributed by atoms with van der Waals surface area (Å²) in [6, 6.07) is 0. The van der Waals surface area contributed by atoms with Crippen molar-refractivity contribution in [1.29, 1.82) is 0 Å². The average Bonchev–Trinajstić information content (AvgIpc) is 2.79. The smallest absolute Gasteiger partial charge is 0.340 e. The molecule has 0 saturated heterocycles. The van der Waals surface area contributed by atoms with E-state index in [2.05, 4.69) is 14.8 Å². The molecule has 0 aliphatic heterocycles. The molecule has 0 spiro atoms. The molecule has 0 atom stereocenters. The molecule has 1 N–H and O–H groups in total. The first-order valence-corrected chi connectivity index (χ1v) is 8.80. The van der Waals surface area contributed by atoms with Crippen LogP contribution in [0.2, 0.25) is 0 Å². The first-order valence-electron chi connectivity index (χ1n) is 8.80. The maximum absolute atomic E-state index is 12.3. The molecule has 6 nitrogen and oxygen atoms in total. The highest BCUT2D eigenvalue weighted by Crippen LogP contribution is 2.24. The molecule has 1 aromatic rings. The minimum atomic E-state index is -0.346. The van der Waals surface area contributed by atoms with Crippen LogP contribution in [0.4, 0.5) is 0 Å². The molecular weight excluding hydrogens is 318 g/mol. The van der Waals surface area contributed by atoms with Gasteiger partial charge in [0.05, 0.1) is 12.2 Å². The highest BCUT2D eigenvalue weighted by atomic mass is 16.5. The molecule has 0 saturated carbocycles. The van der Waals surface area contributed by atoms with Crippen molar-refractivity contribution >= 4 is 18.0 Å². The summed E-state index contributed by atoms with van der Waals surface area (Å²) in [5.74, 6) is -0.504. The van der Waals surface area contributed by atoms with Gasteiger partial charge in [-0.25, -0.2) is 4.79 Å². The maximum Gasteiger partial charge on any atom is 0.340 e. The lowest BCUT2D eigenvalue weighted by atomic mass is 10.1. The van der Waals surface area contributed by atoms with E-state index in [-0.39, 0.29) is 11.9 Å². The number of rotatable bonds is 9. The second-order valence-electron chi connectivity index (χ2n) is 6.21. The van der Waals surface area contributed by atoms with Gasteiger partial charge in [-0.3, -0.25) is 4.79 Å². The van der Waals surface area contributed by atoms with Gasteiger partial charge < -0.3 is 19.5 Å². The van der Waals surface area contributed by atoms with Crippen molar-refractivity contribution in [2.75, 3.05) is 33.8 Å². The van der Waals surface area contributed by atoms with E-state index in [1.165, 1.54) is 6.08 Å². The normalized spacial score (nSPS) is 11.3. The Bertz CT molecular complexity index is 630. The number of carbonyl (C=O) groups excluding carboxylic acids is 2. The summed E-state index contributed by atoms with van der Waals surface area (Å²) in [5, 5.41) is 2.86. The summed E-state index contributed by atoms with van der Waals surface area (Å²) in [6.07, 6.45) is 4.09. The highest BCUT2D eigenvalue weighted by Gasteiger charge is 2.22. The molecule has 1 amide bonds. The van der Waals surface area contributed by atoms with Crippen molar-refractivity contribution in [1.82, 2.24) is 14.8 Å². The number of carbonyl (C=O) groups is 2. The number of hydrogen-bond donors (Lipinski definition) is 1. The van der Waals surface area contributed by atoms with Gasteiger partial charge in [-0.05, 0) is 60.8 Å². The Labute approximate surface area is 150 Å². The summed E-state index contributed by atoms with van der Waals surface area (Å²) >= 11 is 0. The largest absolute Gasteiger partial charge is 0.462 e. The lowest BCUT2D eigenvalue weighted by molar-refractivity contribution is -0.116. The molecule has 1 rings (SSSR count). The van der Waals surface area contributed by atoms with Crippen LogP contribution in [-0.2, 0) is 16.1 Å². The molecule has 0 unspecified atom stereocenters. The fourth-order valence-corrected chi connectivity index (χ4v) is 2.87. The Morgan fingerprint density at radius 3 is 2.44 bits per heavy atom. The molecule has 25 heavy (non-hydrogen) atoms. The van der Waals surface area contributed by atoms with Crippen LogP contribution in [0.15, 0.2) is 6.08 Å². The predicted octanol–water partition coefficient (Wildman–Crippen LogP) is 2.38. The van der Waals surface area contributed by atoms with Gasteiger partial charge in [0, 0.05) is 36.1 Å². The third-order valence-electron chi connectivity index (χ3n) is 4.11. The molecule has 0 radical (unpaired) electrons. The Kier molecular flexibility index (Phi) is 8.41. The number of esters is 1. The number of ether oxygens (including phenoxy) is 1. The molecule has 140 valence electrons. The van der Waals surface area contributed by atoms with Gasteiger partial charge in [0.15, 0.2) is 0 Å². The molecular formula is C19H31N3O3. The Hall–Kier alpha value is -2.08. The highest BCUT2D eigenvalue weighted by molar-refractivity contribution is 5.98. The van der Waals surface area contributed by atoms with Crippen LogP contribution in [0.1, 0.15) is 47.6 Å². The second-order valence-corrected chi connectivity index (χ2v) is 6.21. The monoisotopic (exact) mass is 349 g/mol. The van der Waals surface area contributed by atoms with Crippen molar-refractivity contribution in [3.8, 4) is 0 Å². The summed E-state index contributed by atoms with van der Waals surface area (Å²) in [7, 11) is 4.00. The number of amides is 1. The van der Waals surface area contributed by atoms with E-state index >= 15 is 0 Å². The van der Waals surface area contributed by atoms with Crippen LogP contribution in [-0.4, -0.2) is 55.1 Å². The topological polar surface area (TPSA) is 63.6 Å². The van der Waals surface area contributed by atoms with E-state index in [9.17, 15) is 9.59 Å². The van der Waals surface area contributed by atoms with Crippen LogP contribution < -0.4 is 5.32 Å².